The molecule has 0 rings (SSSR count). The van der Waals surface area contributed by atoms with Crippen LogP contribution in [0.15, 0.2) is 4.99 Å². The Morgan fingerprint density at radius 2 is 1.80 bits per heavy atom. The van der Waals surface area contributed by atoms with E-state index < -0.39 is 0 Å². The highest BCUT2D eigenvalue weighted by Gasteiger charge is 1.97. The smallest absolute Gasteiger partial charge is 0.191 e. The molecule has 0 spiro atoms. The monoisotopic (exact) mass is 287 g/mol. The van der Waals surface area contributed by atoms with E-state index in [4.69, 9.17) is 9.47 Å². The summed E-state index contributed by atoms with van der Waals surface area (Å²) >= 11 is 0. The number of aliphatic imine (C=N–C) groups is 1. The molecule has 0 fully saturated rings. The van der Waals surface area contributed by atoms with Crippen LogP contribution < -0.4 is 10.6 Å². The lowest BCUT2D eigenvalue weighted by Gasteiger charge is -2.11. The minimum Gasteiger partial charge on any atom is -0.382 e. The van der Waals surface area contributed by atoms with Crippen LogP contribution in [0.25, 0.3) is 0 Å². The number of ether oxygens (including phenoxy) is 2. The summed E-state index contributed by atoms with van der Waals surface area (Å²) in [5.74, 6) is 1.48. The lowest BCUT2D eigenvalue weighted by molar-refractivity contribution is 0.109. The second kappa shape index (κ2) is 14.6. The van der Waals surface area contributed by atoms with Gasteiger partial charge in [-0.25, -0.2) is 0 Å². The van der Waals surface area contributed by atoms with Gasteiger partial charge in [0, 0.05) is 46.1 Å². The Balaban J connectivity index is 3.67. The van der Waals surface area contributed by atoms with E-state index in [-0.39, 0.29) is 0 Å². The molecule has 5 nitrogen and oxygen atoms in total. The van der Waals surface area contributed by atoms with Gasteiger partial charge in [0.25, 0.3) is 0 Å². The molecule has 0 aromatic carbocycles. The molecule has 120 valence electrons. The molecule has 5 heteroatoms. The summed E-state index contributed by atoms with van der Waals surface area (Å²) < 4.78 is 10.8. The molecule has 0 aliphatic heterocycles. The zero-order valence-corrected chi connectivity index (χ0v) is 13.7. The van der Waals surface area contributed by atoms with Gasteiger partial charge in [0.1, 0.15) is 0 Å². The van der Waals surface area contributed by atoms with Gasteiger partial charge in [-0.15, -0.1) is 0 Å². The molecule has 0 radical (unpaired) electrons. The summed E-state index contributed by atoms with van der Waals surface area (Å²) in [6.45, 7) is 14.2. The van der Waals surface area contributed by atoms with Gasteiger partial charge in [-0.1, -0.05) is 13.8 Å². The molecule has 0 aliphatic carbocycles. The van der Waals surface area contributed by atoms with Crippen molar-refractivity contribution in [3.63, 3.8) is 0 Å². The molecule has 0 aliphatic rings. The van der Waals surface area contributed by atoms with E-state index in [0.717, 1.165) is 64.9 Å². The maximum atomic E-state index is 5.54. The third-order valence-corrected chi connectivity index (χ3v) is 2.47. The number of nitrogens with zero attached hydrogens (tertiary/aromatic N) is 1. The quantitative estimate of drug-likeness (QED) is 0.328. The highest BCUT2D eigenvalue weighted by molar-refractivity contribution is 5.79. The Labute approximate surface area is 124 Å². The molecule has 0 aromatic rings. The molecule has 0 amide bonds. The summed E-state index contributed by atoms with van der Waals surface area (Å²) in [4.78, 5) is 4.52. The van der Waals surface area contributed by atoms with Gasteiger partial charge >= 0.3 is 0 Å². The van der Waals surface area contributed by atoms with Crippen molar-refractivity contribution in [1.82, 2.24) is 10.6 Å². The highest BCUT2D eigenvalue weighted by Crippen LogP contribution is 1.93. The van der Waals surface area contributed by atoms with Crippen molar-refractivity contribution >= 4 is 5.96 Å². The molecule has 0 atom stereocenters. The van der Waals surface area contributed by atoms with Gasteiger partial charge in [0.05, 0.1) is 0 Å². The van der Waals surface area contributed by atoms with E-state index in [9.17, 15) is 0 Å². The fourth-order valence-corrected chi connectivity index (χ4v) is 1.54. The summed E-state index contributed by atoms with van der Waals surface area (Å²) in [7, 11) is 0. The van der Waals surface area contributed by atoms with Crippen LogP contribution in [-0.2, 0) is 9.47 Å². The standard InChI is InChI=1S/C15H33N3O2/c1-5-16-15(17-9-7-11-19-6-2)18-10-8-12-20-13-14(3)4/h14H,5-13H2,1-4H3,(H2,16,17,18). The van der Waals surface area contributed by atoms with E-state index in [1.807, 2.05) is 6.92 Å². The van der Waals surface area contributed by atoms with Crippen LogP contribution in [0.3, 0.4) is 0 Å². The molecule has 0 heterocycles. The molecule has 0 aromatic heterocycles. The van der Waals surface area contributed by atoms with Crippen LogP contribution in [0.2, 0.25) is 0 Å². The largest absolute Gasteiger partial charge is 0.382 e. The maximum absolute atomic E-state index is 5.54. The van der Waals surface area contributed by atoms with Gasteiger partial charge in [-0.05, 0) is 32.6 Å². The summed E-state index contributed by atoms with van der Waals surface area (Å²) in [5.41, 5.74) is 0. The zero-order valence-electron chi connectivity index (χ0n) is 13.7. The third kappa shape index (κ3) is 13.6. The zero-order chi connectivity index (χ0) is 15.1. The molecule has 0 saturated carbocycles. The number of rotatable bonds is 12. The van der Waals surface area contributed by atoms with Crippen molar-refractivity contribution in [3.8, 4) is 0 Å². The van der Waals surface area contributed by atoms with Crippen molar-refractivity contribution in [2.45, 2.75) is 40.5 Å². The molecular weight excluding hydrogens is 254 g/mol. The number of hydrogen-bond acceptors (Lipinski definition) is 3. The van der Waals surface area contributed by atoms with E-state index >= 15 is 0 Å². The molecule has 2 N–H and O–H groups in total. The summed E-state index contributed by atoms with van der Waals surface area (Å²) in [6.07, 6.45) is 1.96. The summed E-state index contributed by atoms with van der Waals surface area (Å²) in [5, 5.41) is 6.55. The first-order valence-electron chi connectivity index (χ1n) is 7.88. The molecule has 0 unspecified atom stereocenters. The van der Waals surface area contributed by atoms with Crippen LogP contribution in [0.1, 0.15) is 40.5 Å². The number of nitrogens with one attached hydrogen (secondary N) is 2. The highest BCUT2D eigenvalue weighted by atomic mass is 16.5. The fourth-order valence-electron chi connectivity index (χ4n) is 1.54. The summed E-state index contributed by atoms with van der Waals surface area (Å²) in [6, 6.07) is 0. The molecule has 0 bridgehead atoms. The Hall–Kier alpha value is -0.810. The predicted molar refractivity (Wildman–Crippen MR) is 85.4 cm³/mol. The second-order valence-electron chi connectivity index (χ2n) is 5.06. The average molecular weight is 287 g/mol. The van der Waals surface area contributed by atoms with Crippen molar-refractivity contribution in [1.29, 1.82) is 0 Å². The predicted octanol–water partition coefficient (Wildman–Crippen LogP) is 2.03. The minimum absolute atomic E-state index is 0.600. The van der Waals surface area contributed by atoms with Crippen LogP contribution >= 0.6 is 0 Å². The maximum Gasteiger partial charge on any atom is 0.191 e. The van der Waals surface area contributed by atoms with Crippen LogP contribution in [0.4, 0.5) is 0 Å². The minimum atomic E-state index is 0.600. The average Bonchev–Trinajstić information content (AvgIpc) is 2.41. The Kier molecular flexibility index (Phi) is 14.0. The number of hydrogen-bond donors (Lipinski definition) is 2. The van der Waals surface area contributed by atoms with Gasteiger partial charge in [-0.3, -0.25) is 4.99 Å². The topological polar surface area (TPSA) is 54.9 Å². The van der Waals surface area contributed by atoms with E-state index in [2.05, 4.69) is 36.4 Å². The van der Waals surface area contributed by atoms with Crippen molar-refractivity contribution < 1.29 is 9.47 Å². The Morgan fingerprint density at radius 1 is 1.05 bits per heavy atom. The van der Waals surface area contributed by atoms with E-state index in [1.165, 1.54) is 0 Å². The van der Waals surface area contributed by atoms with Crippen LogP contribution in [-0.4, -0.2) is 52.0 Å². The van der Waals surface area contributed by atoms with Gasteiger partial charge in [-0.2, -0.15) is 0 Å². The van der Waals surface area contributed by atoms with Gasteiger partial charge in [0.15, 0.2) is 5.96 Å². The number of guanidine groups is 1. The Morgan fingerprint density at radius 3 is 2.45 bits per heavy atom. The first kappa shape index (κ1) is 19.2. The SMILES string of the molecule is CCNC(=NCCCOCC(C)C)NCCCOCC. The first-order valence-corrected chi connectivity index (χ1v) is 7.88. The normalized spacial score (nSPS) is 11.9. The van der Waals surface area contributed by atoms with Crippen molar-refractivity contribution in [2.24, 2.45) is 10.9 Å². The molecular formula is C15H33N3O2. The van der Waals surface area contributed by atoms with E-state index in [0.29, 0.717) is 5.92 Å². The first-order chi connectivity index (χ1) is 9.70. The van der Waals surface area contributed by atoms with Gasteiger partial charge < -0.3 is 20.1 Å². The van der Waals surface area contributed by atoms with Gasteiger partial charge in [0.2, 0.25) is 0 Å². The van der Waals surface area contributed by atoms with Crippen molar-refractivity contribution in [3.05, 3.63) is 0 Å². The third-order valence-electron chi connectivity index (χ3n) is 2.47. The lowest BCUT2D eigenvalue weighted by Crippen LogP contribution is -2.38. The fraction of sp³-hybridized carbons (Fsp3) is 0.933. The Bertz CT molecular complexity index is 233. The van der Waals surface area contributed by atoms with Crippen molar-refractivity contribution in [2.75, 3.05) is 46.1 Å². The molecule has 0 saturated heterocycles. The van der Waals surface area contributed by atoms with Crippen LogP contribution in [0.5, 0.6) is 0 Å². The molecule has 20 heavy (non-hydrogen) atoms. The van der Waals surface area contributed by atoms with E-state index in [1.54, 1.807) is 0 Å². The lowest BCUT2D eigenvalue weighted by atomic mass is 10.2. The van der Waals surface area contributed by atoms with Crippen LogP contribution in [0, 0.1) is 5.92 Å². The second-order valence-corrected chi connectivity index (χ2v) is 5.06.